The summed E-state index contributed by atoms with van der Waals surface area (Å²) in [7, 11) is 0. The first-order valence-electron chi connectivity index (χ1n) is 14.2. The van der Waals surface area contributed by atoms with Gasteiger partial charge in [-0.05, 0) is 47.2 Å². The largest absolute Gasteiger partial charge is 0.453 e. The van der Waals surface area contributed by atoms with Crippen molar-refractivity contribution in [3.8, 4) is 0 Å². The van der Waals surface area contributed by atoms with Crippen molar-refractivity contribution in [2.45, 2.75) is 123 Å². The minimum absolute atomic E-state index is 0.0542. The molecule has 3 rings (SSSR count). The maximum absolute atomic E-state index is 12.7. The monoisotopic (exact) mass is 462 g/mol. The molecule has 1 aliphatic rings. The van der Waals surface area contributed by atoms with Crippen LogP contribution in [0.25, 0.3) is 16.3 Å². The Bertz CT molecular complexity index is 905. The van der Waals surface area contributed by atoms with Crippen molar-refractivity contribution in [1.82, 2.24) is 0 Å². The number of allylic oxidation sites excluding steroid dienone is 1. The van der Waals surface area contributed by atoms with Gasteiger partial charge in [0.1, 0.15) is 6.10 Å². The molecule has 2 nitrogen and oxygen atoms in total. The summed E-state index contributed by atoms with van der Waals surface area (Å²) in [5.74, 6) is -0.0542. The van der Waals surface area contributed by atoms with E-state index in [0.717, 1.165) is 24.8 Å². The van der Waals surface area contributed by atoms with E-state index in [1.807, 2.05) is 0 Å². The van der Waals surface area contributed by atoms with E-state index in [4.69, 9.17) is 4.74 Å². The first-order chi connectivity index (χ1) is 16.7. The third-order valence-corrected chi connectivity index (χ3v) is 7.23. The Morgan fingerprint density at radius 2 is 1.32 bits per heavy atom. The van der Waals surface area contributed by atoms with Gasteiger partial charge in [0.05, 0.1) is 0 Å². The fourth-order valence-corrected chi connectivity index (χ4v) is 5.25. The van der Waals surface area contributed by atoms with E-state index in [-0.39, 0.29) is 12.1 Å². The summed E-state index contributed by atoms with van der Waals surface area (Å²) in [6.07, 6.45) is 21.2. The van der Waals surface area contributed by atoms with Gasteiger partial charge in [0.15, 0.2) is 0 Å². The lowest BCUT2D eigenvalue weighted by Gasteiger charge is -2.25. The summed E-state index contributed by atoms with van der Waals surface area (Å²) in [5, 5.41) is 2.52. The van der Waals surface area contributed by atoms with E-state index in [1.165, 1.54) is 99.0 Å². The summed E-state index contributed by atoms with van der Waals surface area (Å²) < 4.78 is 6.07. The van der Waals surface area contributed by atoms with E-state index in [1.54, 1.807) is 0 Å². The average molecular weight is 463 g/mol. The maximum atomic E-state index is 12.7. The van der Waals surface area contributed by atoms with Crippen molar-refractivity contribution in [1.29, 1.82) is 0 Å². The lowest BCUT2D eigenvalue weighted by molar-refractivity contribution is -0.147. The number of carbonyl (C=O) groups excluding carboxylic acids is 1. The molecule has 0 amide bonds. The van der Waals surface area contributed by atoms with Crippen molar-refractivity contribution in [3.63, 3.8) is 0 Å². The van der Waals surface area contributed by atoms with E-state index >= 15 is 0 Å². The third-order valence-electron chi connectivity index (χ3n) is 7.23. The Morgan fingerprint density at radius 3 is 2.00 bits per heavy atom. The van der Waals surface area contributed by atoms with Crippen molar-refractivity contribution in [2.75, 3.05) is 0 Å². The first-order valence-corrected chi connectivity index (χ1v) is 14.2. The number of unbranched alkanes of at least 4 members (excludes halogenated alkanes) is 12. The van der Waals surface area contributed by atoms with Gasteiger partial charge in [0, 0.05) is 12.0 Å². The van der Waals surface area contributed by atoms with Crippen LogP contribution in [0, 0.1) is 0 Å². The van der Waals surface area contributed by atoms with Gasteiger partial charge >= 0.3 is 5.97 Å². The Hall–Kier alpha value is -2.09. The summed E-state index contributed by atoms with van der Waals surface area (Å²) >= 11 is 0. The van der Waals surface area contributed by atoms with Gasteiger partial charge in [0.2, 0.25) is 0 Å². The molecule has 0 radical (unpaired) electrons. The van der Waals surface area contributed by atoms with E-state index < -0.39 is 0 Å². The normalized spacial score (nSPS) is 14.9. The van der Waals surface area contributed by atoms with Crippen LogP contribution in [-0.2, 0) is 9.53 Å². The molecule has 1 aliphatic carbocycles. The highest BCUT2D eigenvalue weighted by Gasteiger charge is 2.24. The van der Waals surface area contributed by atoms with Gasteiger partial charge in [-0.25, -0.2) is 0 Å². The van der Waals surface area contributed by atoms with Crippen molar-refractivity contribution in [2.24, 2.45) is 0 Å². The summed E-state index contributed by atoms with van der Waals surface area (Å²) in [6, 6.07) is 13.0. The quantitative estimate of drug-likeness (QED) is 0.173. The number of hydrogen-bond donors (Lipinski definition) is 0. The fraction of sp³-hybridized carbons (Fsp3) is 0.594. The Kier molecular flexibility index (Phi) is 11.7. The predicted octanol–water partition coefficient (Wildman–Crippen LogP) is 10.1. The zero-order chi connectivity index (χ0) is 24.0. The van der Waals surface area contributed by atoms with Crippen LogP contribution in [0.5, 0.6) is 0 Å². The maximum Gasteiger partial charge on any atom is 0.306 e. The minimum atomic E-state index is -0.254. The predicted molar refractivity (Wildman–Crippen MR) is 146 cm³/mol. The van der Waals surface area contributed by atoms with Gasteiger partial charge < -0.3 is 4.74 Å². The number of rotatable bonds is 17. The zero-order valence-electron chi connectivity index (χ0n) is 21.7. The molecule has 0 aromatic heterocycles. The number of hydrogen-bond acceptors (Lipinski definition) is 2. The van der Waals surface area contributed by atoms with Crippen LogP contribution in [0.1, 0.15) is 134 Å². The molecule has 0 aliphatic heterocycles. The molecule has 0 saturated heterocycles. The minimum Gasteiger partial charge on any atom is -0.453 e. The van der Waals surface area contributed by atoms with Gasteiger partial charge in [0.25, 0.3) is 0 Å². The lowest BCUT2D eigenvalue weighted by atomic mass is 9.84. The second-order valence-electron chi connectivity index (χ2n) is 10.1. The number of benzene rings is 2. The van der Waals surface area contributed by atoms with Crippen molar-refractivity contribution < 1.29 is 9.53 Å². The molecule has 2 aromatic carbocycles. The Morgan fingerprint density at radius 1 is 0.735 bits per heavy atom. The number of ether oxygens (including phenoxy) is 1. The van der Waals surface area contributed by atoms with Crippen molar-refractivity contribution >= 4 is 22.3 Å². The summed E-state index contributed by atoms with van der Waals surface area (Å²) in [6.45, 7) is 4.51. The standard InChI is InChI=1S/C32H46O2/c1-3-5-7-9-11-13-15-19-27-25-30(34-31(33)24-16-14-12-10-8-6-4-2)29-23-18-21-26-20-17-22-28(27)32(26)29/h17-18,20-23,25,30H,3-16,19,24H2,1-2H3. The molecule has 0 spiro atoms. The Balaban J connectivity index is 1.58. The lowest BCUT2D eigenvalue weighted by Crippen LogP contribution is -2.13. The highest BCUT2D eigenvalue weighted by atomic mass is 16.5. The van der Waals surface area contributed by atoms with Crippen LogP contribution in [0.3, 0.4) is 0 Å². The molecular formula is C32H46O2. The van der Waals surface area contributed by atoms with E-state index in [0.29, 0.717) is 6.42 Å². The van der Waals surface area contributed by atoms with Crippen molar-refractivity contribution in [3.05, 3.63) is 53.6 Å². The van der Waals surface area contributed by atoms with Crippen LogP contribution in [0.15, 0.2) is 42.5 Å². The molecule has 34 heavy (non-hydrogen) atoms. The smallest absolute Gasteiger partial charge is 0.306 e. The summed E-state index contributed by atoms with van der Waals surface area (Å²) in [5.41, 5.74) is 3.83. The van der Waals surface area contributed by atoms with Crippen LogP contribution in [0.4, 0.5) is 0 Å². The SMILES string of the molecule is CCCCCCCCCC(=O)OC1C=C(CCCCCCCCC)c2cccc3cccc1c23. The van der Waals surface area contributed by atoms with Crippen LogP contribution in [0.2, 0.25) is 0 Å². The molecule has 1 unspecified atom stereocenters. The molecule has 0 N–H and O–H groups in total. The average Bonchev–Trinajstić information content (AvgIpc) is 2.85. The molecule has 2 heteroatoms. The molecule has 0 heterocycles. The Labute approximate surface area is 208 Å². The van der Waals surface area contributed by atoms with Gasteiger partial charge in [-0.3, -0.25) is 4.79 Å². The third kappa shape index (κ3) is 8.00. The molecule has 0 bridgehead atoms. The number of esters is 1. The molecule has 0 saturated carbocycles. The zero-order valence-corrected chi connectivity index (χ0v) is 21.7. The second-order valence-corrected chi connectivity index (χ2v) is 10.1. The topological polar surface area (TPSA) is 26.3 Å². The van der Waals surface area contributed by atoms with E-state index in [9.17, 15) is 4.79 Å². The van der Waals surface area contributed by atoms with Gasteiger partial charge in [-0.2, -0.15) is 0 Å². The molecule has 0 fully saturated rings. The second kappa shape index (κ2) is 15.0. The molecule has 2 aromatic rings. The molecule has 1 atom stereocenters. The summed E-state index contributed by atoms with van der Waals surface area (Å²) in [4.78, 5) is 12.7. The van der Waals surface area contributed by atoms with Crippen LogP contribution in [-0.4, -0.2) is 5.97 Å². The van der Waals surface area contributed by atoms with Gasteiger partial charge in [-0.15, -0.1) is 0 Å². The number of carbonyl (C=O) groups is 1. The van der Waals surface area contributed by atoms with E-state index in [2.05, 4.69) is 56.3 Å². The first kappa shape index (κ1) is 26.5. The van der Waals surface area contributed by atoms with Crippen LogP contribution < -0.4 is 0 Å². The highest BCUT2D eigenvalue weighted by molar-refractivity contribution is 5.98. The fourth-order valence-electron chi connectivity index (χ4n) is 5.25. The van der Waals surface area contributed by atoms with Gasteiger partial charge in [-0.1, -0.05) is 127 Å². The molecule has 186 valence electrons. The molecular weight excluding hydrogens is 416 g/mol. The highest BCUT2D eigenvalue weighted by Crippen LogP contribution is 2.41. The van der Waals surface area contributed by atoms with Crippen LogP contribution >= 0.6 is 0 Å².